The molecule has 0 N–H and O–H groups in total. The summed E-state index contributed by atoms with van der Waals surface area (Å²) >= 11 is 0. The fourth-order valence-electron chi connectivity index (χ4n) is 3.50. The summed E-state index contributed by atoms with van der Waals surface area (Å²) in [5.74, 6) is 1.80. The van der Waals surface area contributed by atoms with Gasteiger partial charge in [-0.3, -0.25) is 0 Å². The van der Waals surface area contributed by atoms with Crippen molar-refractivity contribution >= 4 is 21.9 Å². The normalized spacial score (nSPS) is 12.5. The smallest absolute Gasteiger partial charge is 0.380 e. The summed E-state index contributed by atoms with van der Waals surface area (Å²) in [4.78, 5) is 0. The van der Waals surface area contributed by atoms with E-state index in [2.05, 4.69) is 35.8 Å². The molecule has 0 fully saturated rings. The molecule has 5 rings (SSSR count). The average Bonchev–Trinajstić information content (AvgIpc) is 2.99. The van der Waals surface area contributed by atoms with Gasteiger partial charge in [-0.2, -0.15) is 4.57 Å². The maximum absolute atomic E-state index is 6.20. The minimum absolute atomic E-state index is 0.859. The van der Waals surface area contributed by atoms with Crippen LogP contribution in [0.25, 0.3) is 33.1 Å². The second-order valence-electron chi connectivity index (χ2n) is 5.81. The maximum Gasteiger partial charge on any atom is 0.380 e. The Morgan fingerprint density at radius 3 is 2.77 bits per heavy atom. The van der Waals surface area contributed by atoms with Gasteiger partial charge in [0.2, 0.25) is 0 Å². The van der Waals surface area contributed by atoms with Crippen LogP contribution in [0, 0.1) is 6.92 Å². The minimum atomic E-state index is 0.859. The lowest BCUT2D eigenvalue weighted by Gasteiger charge is -2.20. The molecule has 3 heteroatoms. The molecule has 1 aliphatic rings. The van der Waals surface area contributed by atoms with E-state index in [-0.39, 0.29) is 0 Å². The van der Waals surface area contributed by atoms with Crippen LogP contribution in [0.3, 0.4) is 0 Å². The maximum atomic E-state index is 6.20. The lowest BCUT2D eigenvalue weighted by Crippen LogP contribution is -2.33. The van der Waals surface area contributed by atoms with Gasteiger partial charge in [0.1, 0.15) is 12.8 Å². The Bertz CT molecular complexity index is 1080. The summed E-state index contributed by atoms with van der Waals surface area (Å²) in [6.45, 7) is 2.15. The van der Waals surface area contributed by atoms with Crippen LogP contribution >= 0.6 is 0 Å². The van der Waals surface area contributed by atoms with E-state index < -0.39 is 0 Å². The molecule has 3 heterocycles. The molecule has 2 aromatic heterocycles. The standard InChI is InChI=1S/C19H14NO2/c1-11-6-7-12-4-3-5-14-17(12)16(11)18-15(22-14)10-13-8-9-21-19(13)20(18)2/h3-10H,1-2H3/q+1. The number of nitrogens with zero attached hydrogens (tertiary/aromatic N) is 1. The van der Waals surface area contributed by atoms with Gasteiger partial charge in [0, 0.05) is 11.5 Å². The molecule has 106 valence electrons. The summed E-state index contributed by atoms with van der Waals surface area (Å²) in [5.41, 5.74) is 4.41. The molecule has 4 aromatic rings. The van der Waals surface area contributed by atoms with Gasteiger partial charge >= 0.3 is 5.71 Å². The number of ether oxygens (including phenoxy) is 1. The fourth-order valence-corrected chi connectivity index (χ4v) is 3.50. The van der Waals surface area contributed by atoms with Crippen LogP contribution < -0.4 is 9.30 Å². The van der Waals surface area contributed by atoms with Gasteiger partial charge < -0.3 is 9.15 Å². The first-order valence-corrected chi connectivity index (χ1v) is 7.35. The molecule has 0 amide bonds. The second-order valence-corrected chi connectivity index (χ2v) is 5.81. The van der Waals surface area contributed by atoms with Crippen LogP contribution in [0.1, 0.15) is 5.56 Å². The Labute approximate surface area is 127 Å². The number of aryl methyl sites for hydroxylation is 2. The molecule has 0 aliphatic carbocycles. The van der Waals surface area contributed by atoms with Crippen molar-refractivity contribution in [2.75, 3.05) is 0 Å². The quantitative estimate of drug-likeness (QED) is 0.392. The predicted octanol–water partition coefficient (Wildman–Crippen LogP) is 4.49. The van der Waals surface area contributed by atoms with E-state index in [0.29, 0.717) is 0 Å². The molecule has 0 spiro atoms. The number of pyridine rings is 1. The van der Waals surface area contributed by atoms with E-state index in [4.69, 9.17) is 9.15 Å². The summed E-state index contributed by atoms with van der Waals surface area (Å²) < 4.78 is 13.9. The number of benzene rings is 2. The third kappa shape index (κ3) is 1.33. The zero-order chi connectivity index (χ0) is 14.8. The summed E-state index contributed by atoms with van der Waals surface area (Å²) in [7, 11) is 2.03. The molecular formula is C19H14NO2+. The molecule has 0 atom stereocenters. The van der Waals surface area contributed by atoms with Crippen LogP contribution in [-0.4, -0.2) is 0 Å². The van der Waals surface area contributed by atoms with Crippen molar-refractivity contribution in [3.63, 3.8) is 0 Å². The Hall–Kier alpha value is -2.81. The molecule has 0 saturated heterocycles. The SMILES string of the molecule is Cc1ccc2cccc3c2c1-c1c(cc2ccoc2[n+]1C)O3. The first-order chi connectivity index (χ1) is 10.7. The molecule has 3 nitrogen and oxygen atoms in total. The van der Waals surface area contributed by atoms with Crippen molar-refractivity contribution in [3.05, 3.63) is 54.3 Å². The highest BCUT2D eigenvalue weighted by atomic mass is 16.5. The zero-order valence-corrected chi connectivity index (χ0v) is 12.4. The molecule has 0 saturated carbocycles. The Balaban J connectivity index is 2.04. The van der Waals surface area contributed by atoms with Gasteiger partial charge in [0.25, 0.3) is 5.69 Å². The monoisotopic (exact) mass is 288 g/mol. The molecule has 0 unspecified atom stereocenters. The van der Waals surface area contributed by atoms with Crippen molar-refractivity contribution in [3.8, 4) is 22.8 Å². The highest BCUT2D eigenvalue weighted by Gasteiger charge is 2.31. The van der Waals surface area contributed by atoms with Crippen LogP contribution in [0.15, 0.2) is 53.1 Å². The van der Waals surface area contributed by atoms with Gasteiger partial charge in [0.15, 0.2) is 5.75 Å². The van der Waals surface area contributed by atoms with Crippen molar-refractivity contribution in [1.82, 2.24) is 0 Å². The van der Waals surface area contributed by atoms with Gasteiger partial charge in [-0.15, -0.1) is 0 Å². The molecule has 1 aliphatic heterocycles. The summed E-state index contributed by atoms with van der Waals surface area (Å²) in [6.07, 6.45) is 1.72. The van der Waals surface area contributed by atoms with Gasteiger partial charge in [-0.25, -0.2) is 0 Å². The van der Waals surface area contributed by atoms with Crippen molar-refractivity contribution in [2.45, 2.75) is 6.92 Å². The van der Waals surface area contributed by atoms with Crippen LogP contribution in [-0.2, 0) is 7.05 Å². The third-order valence-corrected chi connectivity index (χ3v) is 4.51. The Kier molecular flexibility index (Phi) is 2.09. The Morgan fingerprint density at radius 1 is 0.955 bits per heavy atom. The highest BCUT2D eigenvalue weighted by Crippen LogP contribution is 2.46. The van der Waals surface area contributed by atoms with Crippen molar-refractivity contribution < 1.29 is 13.7 Å². The van der Waals surface area contributed by atoms with E-state index in [1.165, 1.54) is 21.9 Å². The predicted molar refractivity (Wildman–Crippen MR) is 85.1 cm³/mol. The number of hydrogen-bond donors (Lipinski definition) is 0. The summed E-state index contributed by atoms with van der Waals surface area (Å²) in [6, 6.07) is 14.5. The van der Waals surface area contributed by atoms with E-state index in [9.17, 15) is 0 Å². The zero-order valence-electron chi connectivity index (χ0n) is 12.4. The topological polar surface area (TPSA) is 26.2 Å². The molecular weight excluding hydrogens is 274 g/mol. The minimum Gasteiger partial charge on any atom is -0.450 e. The number of aromatic nitrogens is 1. The number of rotatable bonds is 0. The van der Waals surface area contributed by atoms with Gasteiger partial charge in [-0.05, 0) is 30.0 Å². The van der Waals surface area contributed by atoms with Crippen LogP contribution in [0.2, 0.25) is 0 Å². The molecule has 0 bridgehead atoms. The molecule has 22 heavy (non-hydrogen) atoms. The van der Waals surface area contributed by atoms with Gasteiger partial charge in [0.05, 0.1) is 17.2 Å². The number of fused-ring (bicyclic) bond motifs is 3. The van der Waals surface area contributed by atoms with E-state index in [1.807, 2.05) is 25.2 Å². The average molecular weight is 288 g/mol. The second kappa shape index (κ2) is 3.89. The van der Waals surface area contributed by atoms with E-state index in [1.54, 1.807) is 6.26 Å². The fraction of sp³-hybridized carbons (Fsp3) is 0.105. The first kappa shape index (κ1) is 11.8. The Morgan fingerprint density at radius 2 is 1.86 bits per heavy atom. The molecule has 0 radical (unpaired) electrons. The van der Waals surface area contributed by atoms with Gasteiger partial charge in [-0.1, -0.05) is 24.3 Å². The summed E-state index contributed by atoms with van der Waals surface area (Å²) in [5, 5.41) is 3.42. The largest absolute Gasteiger partial charge is 0.450 e. The molecule has 2 aromatic carbocycles. The van der Waals surface area contributed by atoms with Crippen LogP contribution in [0.5, 0.6) is 11.5 Å². The van der Waals surface area contributed by atoms with E-state index >= 15 is 0 Å². The number of hydrogen-bond acceptors (Lipinski definition) is 2. The van der Waals surface area contributed by atoms with E-state index in [0.717, 1.165) is 28.3 Å². The third-order valence-electron chi connectivity index (χ3n) is 4.51. The van der Waals surface area contributed by atoms with Crippen molar-refractivity contribution in [1.29, 1.82) is 0 Å². The van der Waals surface area contributed by atoms with Crippen molar-refractivity contribution in [2.24, 2.45) is 7.05 Å². The highest BCUT2D eigenvalue weighted by molar-refractivity contribution is 6.04. The first-order valence-electron chi connectivity index (χ1n) is 7.35. The number of furan rings is 1. The lowest BCUT2D eigenvalue weighted by atomic mass is 9.93. The van der Waals surface area contributed by atoms with Crippen LogP contribution in [0.4, 0.5) is 0 Å². The lowest BCUT2D eigenvalue weighted by molar-refractivity contribution is -0.640.